The molecule has 2 unspecified atom stereocenters. The van der Waals surface area contributed by atoms with Gasteiger partial charge in [0, 0.05) is 24.3 Å². The molecule has 1 saturated heterocycles. The van der Waals surface area contributed by atoms with Crippen molar-refractivity contribution >= 4 is 17.5 Å². The van der Waals surface area contributed by atoms with E-state index in [0.29, 0.717) is 11.3 Å². The van der Waals surface area contributed by atoms with Gasteiger partial charge in [-0.25, -0.2) is 0 Å². The Kier molecular flexibility index (Phi) is 6.79. The standard InChI is InChI=1S/C19H29N3O2/c1-3-14(2)17(20)18(23)21-16-10-8-15(9-11-16)19(24)22-12-6-4-5-7-13-22/h8-11,14,17H,3-7,12-13,20H2,1-2H3,(H,21,23). The van der Waals surface area contributed by atoms with Crippen molar-refractivity contribution in [1.29, 1.82) is 0 Å². The fourth-order valence-corrected chi connectivity index (χ4v) is 2.89. The topological polar surface area (TPSA) is 75.4 Å². The average molecular weight is 331 g/mol. The zero-order valence-corrected chi connectivity index (χ0v) is 14.8. The van der Waals surface area contributed by atoms with E-state index in [1.54, 1.807) is 24.3 Å². The minimum Gasteiger partial charge on any atom is -0.339 e. The summed E-state index contributed by atoms with van der Waals surface area (Å²) in [5, 5.41) is 2.82. The van der Waals surface area contributed by atoms with Crippen molar-refractivity contribution < 1.29 is 9.59 Å². The normalized spacial score (nSPS) is 17.7. The Morgan fingerprint density at radius 1 is 1.12 bits per heavy atom. The predicted octanol–water partition coefficient (Wildman–Crippen LogP) is 3.01. The highest BCUT2D eigenvalue weighted by Crippen LogP contribution is 2.16. The van der Waals surface area contributed by atoms with Gasteiger partial charge >= 0.3 is 0 Å². The third kappa shape index (κ3) is 4.81. The van der Waals surface area contributed by atoms with Crippen LogP contribution in [0, 0.1) is 5.92 Å². The summed E-state index contributed by atoms with van der Waals surface area (Å²) < 4.78 is 0. The van der Waals surface area contributed by atoms with Crippen molar-refractivity contribution in [2.45, 2.75) is 52.0 Å². The Labute approximate surface area is 144 Å². The van der Waals surface area contributed by atoms with Crippen LogP contribution in [-0.2, 0) is 4.79 Å². The molecule has 5 heteroatoms. The maximum absolute atomic E-state index is 12.5. The highest BCUT2D eigenvalue weighted by atomic mass is 16.2. The average Bonchev–Trinajstić information content (AvgIpc) is 2.89. The number of nitrogens with zero attached hydrogens (tertiary/aromatic N) is 1. The summed E-state index contributed by atoms with van der Waals surface area (Å²) >= 11 is 0. The fraction of sp³-hybridized carbons (Fsp3) is 0.579. The minimum atomic E-state index is -0.520. The van der Waals surface area contributed by atoms with Gasteiger partial charge in [0.2, 0.25) is 5.91 Å². The fourth-order valence-electron chi connectivity index (χ4n) is 2.89. The minimum absolute atomic E-state index is 0.0751. The molecule has 5 nitrogen and oxygen atoms in total. The number of benzene rings is 1. The van der Waals surface area contributed by atoms with Crippen LogP contribution in [0.25, 0.3) is 0 Å². The summed E-state index contributed by atoms with van der Waals surface area (Å²) in [5.74, 6) is 0.0240. The van der Waals surface area contributed by atoms with Crippen LogP contribution in [-0.4, -0.2) is 35.8 Å². The molecular weight excluding hydrogens is 302 g/mol. The smallest absolute Gasteiger partial charge is 0.253 e. The second-order valence-electron chi connectivity index (χ2n) is 6.68. The van der Waals surface area contributed by atoms with E-state index >= 15 is 0 Å². The number of nitrogens with two attached hydrogens (primary N) is 1. The summed E-state index contributed by atoms with van der Waals surface area (Å²) in [6, 6.07) is 6.57. The van der Waals surface area contributed by atoms with Gasteiger partial charge in [-0.15, -0.1) is 0 Å². The van der Waals surface area contributed by atoms with Crippen molar-refractivity contribution in [3.8, 4) is 0 Å². The Balaban J connectivity index is 1.97. The number of carbonyl (C=O) groups excluding carboxylic acids is 2. The zero-order chi connectivity index (χ0) is 17.5. The monoisotopic (exact) mass is 331 g/mol. The number of hydrogen-bond donors (Lipinski definition) is 2. The van der Waals surface area contributed by atoms with E-state index in [9.17, 15) is 9.59 Å². The molecule has 1 aromatic rings. The van der Waals surface area contributed by atoms with E-state index in [1.807, 2.05) is 18.7 Å². The Hall–Kier alpha value is -1.88. The first-order valence-corrected chi connectivity index (χ1v) is 8.98. The summed E-state index contributed by atoms with van der Waals surface area (Å²) in [6.07, 6.45) is 5.41. The third-order valence-electron chi connectivity index (χ3n) is 4.85. The molecule has 2 amide bonds. The van der Waals surface area contributed by atoms with Crippen LogP contribution in [0.1, 0.15) is 56.3 Å². The van der Waals surface area contributed by atoms with Crippen LogP contribution < -0.4 is 11.1 Å². The van der Waals surface area contributed by atoms with Crippen LogP contribution in [0.2, 0.25) is 0 Å². The molecule has 1 fully saturated rings. The Morgan fingerprint density at radius 3 is 2.25 bits per heavy atom. The third-order valence-corrected chi connectivity index (χ3v) is 4.85. The summed E-state index contributed by atoms with van der Waals surface area (Å²) in [4.78, 5) is 26.6. The van der Waals surface area contributed by atoms with Crippen molar-refractivity contribution in [3.05, 3.63) is 29.8 Å². The highest BCUT2D eigenvalue weighted by Gasteiger charge is 2.20. The largest absolute Gasteiger partial charge is 0.339 e. The molecule has 0 saturated carbocycles. The van der Waals surface area contributed by atoms with Gasteiger partial charge in [-0.05, 0) is 43.0 Å². The number of nitrogens with one attached hydrogen (secondary N) is 1. The number of anilines is 1. The highest BCUT2D eigenvalue weighted by molar-refractivity contribution is 5.97. The first kappa shape index (κ1) is 18.5. The summed E-state index contributed by atoms with van der Waals surface area (Å²) in [6.45, 7) is 5.65. The molecule has 0 aliphatic carbocycles. The molecule has 1 aliphatic rings. The molecule has 2 rings (SSSR count). The molecule has 24 heavy (non-hydrogen) atoms. The van der Waals surface area contributed by atoms with Crippen LogP contribution in [0.5, 0.6) is 0 Å². The lowest BCUT2D eigenvalue weighted by Gasteiger charge is -2.20. The number of carbonyl (C=O) groups is 2. The van der Waals surface area contributed by atoms with Gasteiger partial charge < -0.3 is 16.0 Å². The van der Waals surface area contributed by atoms with E-state index in [2.05, 4.69) is 5.32 Å². The maximum Gasteiger partial charge on any atom is 0.253 e. The van der Waals surface area contributed by atoms with Crippen LogP contribution in [0.3, 0.4) is 0 Å². The van der Waals surface area contributed by atoms with Gasteiger partial charge in [0.05, 0.1) is 6.04 Å². The lowest BCUT2D eigenvalue weighted by Crippen LogP contribution is -2.40. The Bertz CT molecular complexity index is 548. The zero-order valence-electron chi connectivity index (χ0n) is 14.8. The number of rotatable bonds is 5. The molecule has 1 aromatic carbocycles. The number of hydrogen-bond acceptors (Lipinski definition) is 3. The van der Waals surface area contributed by atoms with Gasteiger partial charge in [0.25, 0.3) is 5.91 Å². The van der Waals surface area contributed by atoms with Crippen molar-refractivity contribution in [1.82, 2.24) is 4.90 Å². The van der Waals surface area contributed by atoms with E-state index in [-0.39, 0.29) is 17.7 Å². The van der Waals surface area contributed by atoms with Gasteiger partial charge in [0.15, 0.2) is 0 Å². The molecule has 0 aromatic heterocycles. The van der Waals surface area contributed by atoms with Crippen molar-refractivity contribution in [2.75, 3.05) is 18.4 Å². The molecule has 3 N–H and O–H groups in total. The first-order chi connectivity index (χ1) is 11.5. The van der Waals surface area contributed by atoms with Crippen molar-refractivity contribution in [3.63, 3.8) is 0 Å². The maximum atomic E-state index is 12.5. The quantitative estimate of drug-likeness (QED) is 0.871. The molecule has 132 valence electrons. The van der Waals surface area contributed by atoms with Gasteiger partial charge in [-0.3, -0.25) is 9.59 Å². The SMILES string of the molecule is CCC(C)C(N)C(=O)Nc1ccc(C(=O)N2CCCCCC2)cc1. The van der Waals surface area contributed by atoms with Crippen LogP contribution in [0.4, 0.5) is 5.69 Å². The van der Waals surface area contributed by atoms with E-state index in [1.165, 1.54) is 12.8 Å². The summed E-state index contributed by atoms with van der Waals surface area (Å²) in [7, 11) is 0. The molecule has 2 atom stereocenters. The number of amides is 2. The second kappa shape index (κ2) is 8.83. The molecular formula is C19H29N3O2. The lowest BCUT2D eigenvalue weighted by molar-refractivity contribution is -0.118. The van der Waals surface area contributed by atoms with Gasteiger partial charge in [-0.1, -0.05) is 33.1 Å². The van der Waals surface area contributed by atoms with E-state index in [4.69, 9.17) is 5.73 Å². The van der Waals surface area contributed by atoms with Crippen molar-refractivity contribution in [2.24, 2.45) is 11.7 Å². The van der Waals surface area contributed by atoms with Gasteiger partial charge in [0.1, 0.15) is 0 Å². The van der Waals surface area contributed by atoms with Gasteiger partial charge in [-0.2, -0.15) is 0 Å². The molecule has 0 radical (unpaired) electrons. The van der Waals surface area contributed by atoms with E-state index < -0.39 is 6.04 Å². The molecule has 0 bridgehead atoms. The van der Waals surface area contributed by atoms with Crippen LogP contribution in [0.15, 0.2) is 24.3 Å². The second-order valence-corrected chi connectivity index (χ2v) is 6.68. The molecule has 1 aliphatic heterocycles. The molecule has 0 spiro atoms. The lowest BCUT2D eigenvalue weighted by atomic mass is 9.99. The Morgan fingerprint density at radius 2 is 1.71 bits per heavy atom. The molecule has 1 heterocycles. The van der Waals surface area contributed by atoms with Crippen LogP contribution >= 0.6 is 0 Å². The summed E-state index contributed by atoms with van der Waals surface area (Å²) in [5.41, 5.74) is 7.28. The van der Waals surface area contributed by atoms with E-state index in [0.717, 1.165) is 32.4 Å². The number of likely N-dealkylation sites (tertiary alicyclic amines) is 1. The first-order valence-electron chi connectivity index (χ1n) is 8.98. The predicted molar refractivity (Wildman–Crippen MR) is 96.9 cm³/mol.